The summed E-state index contributed by atoms with van der Waals surface area (Å²) in [5.41, 5.74) is 4.07. The van der Waals surface area contributed by atoms with Crippen molar-refractivity contribution in [2.75, 3.05) is 10.2 Å². The lowest BCUT2D eigenvalue weighted by Gasteiger charge is -2.20. The zero-order valence-corrected chi connectivity index (χ0v) is 13.8. The Labute approximate surface area is 142 Å². The van der Waals surface area contributed by atoms with Crippen LogP contribution in [0.4, 0.5) is 11.4 Å². The van der Waals surface area contributed by atoms with Gasteiger partial charge in [-0.2, -0.15) is 5.26 Å². The van der Waals surface area contributed by atoms with Crippen molar-refractivity contribution in [2.24, 2.45) is 0 Å². The summed E-state index contributed by atoms with van der Waals surface area (Å²) < 4.78 is 0. The average Bonchev–Trinajstić information content (AvgIpc) is 2.90. The molecule has 1 atom stereocenters. The van der Waals surface area contributed by atoms with E-state index in [9.17, 15) is 10.1 Å². The van der Waals surface area contributed by atoms with E-state index in [2.05, 4.69) is 18.3 Å². The monoisotopic (exact) mass is 317 g/mol. The Morgan fingerprint density at radius 1 is 1.25 bits per heavy atom. The Morgan fingerprint density at radius 2 is 1.96 bits per heavy atom. The first-order valence-corrected chi connectivity index (χ1v) is 7.95. The number of rotatable bonds is 3. The van der Waals surface area contributed by atoms with Crippen LogP contribution in [0.15, 0.2) is 60.3 Å². The van der Waals surface area contributed by atoms with Crippen molar-refractivity contribution in [1.29, 1.82) is 5.26 Å². The van der Waals surface area contributed by atoms with Gasteiger partial charge in [-0.3, -0.25) is 4.79 Å². The molecule has 2 aromatic rings. The third-order valence-corrected chi connectivity index (χ3v) is 4.29. The first kappa shape index (κ1) is 15.8. The number of nitrogens with one attached hydrogen (secondary N) is 1. The van der Waals surface area contributed by atoms with Crippen molar-refractivity contribution in [3.05, 3.63) is 71.4 Å². The number of fused-ring (bicyclic) bond motifs is 1. The van der Waals surface area contributed by atoms with Crippen molar-refractivity contribution < 1.29 is 4.79 Å². The molecule has 120 valence electrons. The van der Waals surface area contributed by atoms with E-state index in [1.54, 1.807) is 6.20 Å². The summed E-state index contributed by atoms with van der Waals surface area (Å²) >= 11 is 0. The number of carbonyl (C=O) groups is 1. The van der Waals surface area contributed by atoms with E-state index in [0.717, 1.165) is 23.4 Å². The van der Waals surface area contributed by atoms with Gasteiger partial charge >= 0.3 is 0 Å². The van der Waals surface area contributed by atoms with Crippen LogP contribution in [0.2, 0.25) is 0 Å². The second-order valence-electron chi connectivity index (χ2n) is 6.01. The molecule has 0 bridgehead atoms. The molecule has 0 spiro atoms. The maximum absolute atomic E-state index is 12.5. The largest absolute Gasteiger partial charge is 0.343 e. The van der Waals surface area contributed by atoms with E-state index in [0.29, 0.717) is 0 Å². The predicted octanol–water partition coefficient (Wildman–Crippen LogP) is 3.79. The fourth-order valence-electron chi connectivity index (χ4n) is 2.97. The number of hydrogen-bond donors (Lipinski definition) is 1. The predicted molar refractivity (Wildman–Crippen MR) is 95.6 cm³/mol. The Kier molecular flexibility index (Phi) is 4.35. The number of nitriles is 1. The van der Waals surface area contributed by atoms with Crippen LogP contribution >= 0.6 is 0 Å². The molecule has 1 amide bonds. The Balaban J connectivity index is 1.86. The topological polar surface area (TPSA) is 56.1 Å². The minimum Gasteiger partial charge on any atom is -0.343 e. The van der Waals surface area contributed by atoms with Crippen molar-refractivity contribution in [3.8, 4) is 6.07 Å². The van der Waals surface area contributed by atoms with Crippen LogP contribution < -0.4 is 10.2 Å². The fourth-order valence-corrected chi connectivity index (χ4v) is 2.97. The molecule has 2 aromatic carbocycles. The highest BCUT2D eigenvalue weighted by molar-refractivity contribution is 6.07. The normalized spacial score (nSPS) is 16.5. The van der Waals surface area contributed by atoms with E-state index in [4.69, 9.17) is 0 Å². The van der Waals surface area contributed by atoms with Gasteiger partial charge in [-0.25, -0.2) is 0 Å². The standard InChI is InChI=1S/C20H19N3O/c1-14-7-3-5-9-18(14)22-20(24)17(12-21)13-23-15(2)11-16-8-4-6-10-19(16)23/h3-10,13,15H,11H2,1-2H3,(H,22,24)/b17-13-. The molecule has 1 aliphatic heterocycles. The summed E-state index contributed by atoms with van der Waals surface area (Å²) in [6.45, 7) is 4.01. The van der Waals surface area contributed by atoms with Crippen molar-refractivity contribution in [1.82, 2.24) is 0 Å². The van der Waals surface area contributed by atoms with Gasteiger partial charge in [0.2, 0.25) is 0 Å². The van der Waals surface area contributed by atoms with Gasteiger partial charge < -0.3 is 10.2 Å². The van der Waals surface area contributed by atoms with Crippen LogP contribution in [0, 0.1) is 18.3 Å². The molecule has 0 fully saturated rings. The lowest BCUT2D eigenvalue weighted by Crippen LogP contribution is -2.26. The molecule has 1 N–H and O–H groups in total. The molecule has 0 saturated heterocycles. The van der Waals surface area contributed by atoms with E-state index >= 15 is 0 Å². The van der Waals surface area contributed by atoms with Crippen molar-refractivity contribution in [3.63, 3.8) is 0 Å². The van der Waals surface area contributed by atoms with Gasteiger partial charge in [0, 0.05) is 23.6 Å². The van der Waals surface area contributed by atoms with Crippen LogP contribution in [0.3, 0.4) is 0 Å². The maximum Gasteiger partial charge on any atom is 0.267 e. The highest BCUT2D eigenvalue weighted by Crippen LogP contribution is 2.32. The molecule has 0 aromatic heterocycles. The summed E-state index contributed by atoms with van der Waals surface area (Å²) in [7, 11) is 0. The number of benzene rings is 2. The SMILES string of the molecule is Cc1ccccc1NC(=O)/C(C#N)=C\N1c2ccccc2CC1C. The lowest BCUT2D eigenvalue weighted by molar-refractivity contribution is -0.112. The summed E-state index contributed by atoms with van der Waals surface area (Å²) in [4.78, 5) is 14.5. The van der Waals surface area contributed by atoms with E-state index in [-0.39, 0.29) is 17.5 Å². The number of para-hydroxylation sites is 2. The molecule has 24 heavy (non-hydrogen) atoms. The molecule has 1 unspecified atom stereocenters. The second-order valence-corrected chi connectivity index (χ2v) is 6.01. The fraction of sp³-hybridized carbons (Fsp3) is 0.200. The first-order chi connectivity index (χ1) is 11.6. The highest BCUT2D eigenvalue weighted by Gasteiger charge is 2.25. The highest BCUT2D eigenvalue weighted by atomic mass is 16.1. The number of hydrogen-bond acceptors (Lipinski definition) is 3. The molecule has 1 heterocycles. The molecule has 4 heteroatoms. The number of nitrogens with zero attached hydrogens (tertiary/aromatic N) is 2. The van der Waals surface area contributed by atoms with E-state index in [1.807, 2.05) is 60.4 Å². The summed E-state index contributed by atoms with van der Waals surface area (Å²) in [5.74, 6) is -0.386. The third kappa shape index (κ3) is 3.02. The van der Waals surface area contributed by atoms with Gasteiger partial charge in [0.1, 0.15) is 11.6 Å². The van der Waals surface area contributed by atoms with Gasteiger partial charge in [0.05, 0.1) is 0 Å². The Morgan fingerprint density at radius 3 is 2.71 bits per heavy atom. The van der Waals surface area contributed by atoms with Gasteiger partial charge in [-0.05, 0) is 43.5 Å². The first-order valence-electron chi connectivity index (χ1n) is 7.95. The maximum atomic E-state index is 12.5. The van der Waals surface area contributed by atoms with E-state index < -0.39 is 0 Å². The molecular weight excluding hydrogens is 298 g/mol. The summed E-state index contributed by atoms with van der Waals surface area (Å²) in [6.07, 6.45) is 2.56. The minimum atomic E-state index is -0.386. The number of amides is 1. The molecule has 0 aliphatic carbocycles. The Hall–Kier alpha value is -3.06. The summed E-state index contributed by atoms with van der Waals surface area (Å²) in [5, 5.41) is 12.3. The molecule has 3 rings (SSSR count). The number of carbonyl (C=O) groups excluding carboxylic acids is 1. The van der Waals surface area contributed by atoms with E-state index in [1.165, 1.54) is 5.56 Å². The quantitative estimate of drug-likeness (QED) is 0.692. The molecule has 0 saturated carbocycles. The van der Waals surface area contributed by atoms with Crippen molar-refractivity contribution in [2.45, 2.75) is 26.3 Å². The average molecular weight is 317 g/mol. The lowest BCUT2D eigenvalue weighted by atomic mass is 10.1. The minimum absolute atomic E-state index is 0.0989. The molecule has 0 radical (unpaired) electrons. The smallest absolute Gasteiger partial charge is 0.267 e. The molecule has 4 nitrogen and oxygen atoms in total. The third-order valence-electron chi connectivity index (χ3n) is 4.29. The van der Waals surface area contributed by atoms with Crippen LogP contribution in [0.5, 0.6) is 0 Å². The zero-order valence-electron chi connectivity index (χ0n) is 13.8. The Bertz CT molecular complexity index is 848. The summed E-state index contributed by atoms with van der Waals surface area (Å²) in [6, 6.07) is 17.8. The van der Waals surface area contributed by atoms with Crippen LogP contribution in [-0.4, -0.2) is 11.9 Å². The van der Waals surface area contributed by atoms with Crippen LogP contribution in [-0.2, 0) is 11.2 Å². The molecular formula is C20H19N3O. The van der Waals surface area contributed by atoms with Gasteiger partial charge in [-0.15, -0.1) is 0 Å². The van der Waals surface area contributed by atoms with Crippen molar-refractivity contribution >= 4 is 17.3 Å². The van der Waals surface area contributed by atoms with Crippen LogP contribution in [0.1, 0.15) is 18.1 Å². The molecule has 1 aliphatic rings. The zero-order chi connectivity index (χ0) is 17.1. The number of anilines is 2. The van der Waals surface area contributed by atoms with Gasteiger partial charge in [0.25, 0.3) is 5.91 Å². The van der Waals surface area contributed by atoms with Gasteiger partial charge in [-0.1, -0.05) is 36.4 Å². The number of aryl methyl sites for hydroxylation is 1. The van der Waals surface area contributed by atoms with Crippen LogP contribution in [0.25, 0.3) is 0 Å². The van der Waals surface area contributed by atoms with Gasteiger partial charge in [0.15, 0.2) is 0 Å². The second kappa shape index (κ2) is 6.59.